The van der Waals surface area contributed by atoms with E-state index < -0.39 is 0 Å². The zero-order valence-corrected chi connectivity index (χ0v) is 21.1. The van der Waals surface area contributed by atoms with E-state index in [2.05, 4.69) is 51.7 Å². The lowest BCUT2D eigenvalue weighted by atomic mass is 9.82. The molecule has 0 bridgehead atoms. The highest BCUT2D eigenvalue weighted by atomic mass is 16.2. The van der Waals surface area contributed by atoms with Crippen LogP contribution in [-0.4, -0.2) is 26.1 Å². The number of hydrogen-bond donors (Lipinski definition) is 3. The zero-order valence-electron chi connectivity index (χ0n) is 21.1. The number of imidazole rings is 1. The van der Waals surface area contributed by atoms with E-state index in [0.29, 0.717) is 17.8 Å². The molecule has 184 valence electrons. The van der Waals surface area contributed by atoms with Crippen LogP contribution in [0.15, 0.2) is 54.6 Å². The quantitative estimate of drug-likeness (QED) is 0.268. The molecule has 6 nitrogen and oxygen atoms in total. The molecule has 2 aromatic carbocycles. The van der Waals surface area contributed by atoms with E-state index in [1.165, 1.54) is 25.7 Å². The summed E-state index contributed by atoms with van der Waals surface area (Å²) in [7, 11) is 0. The van der Waals surface area contributed by atoms with Gasteiger partial charge in [-0.25, -0.2) is 4.98 Å². The Kier molecular flexibility index (Phi) is 5.75. The normalized spacial score (nSPS) is 16.3. The Morgan fingerprint density at radius 3 is 2.14 bits per heavy atom. The molecule has 2 aliphatic rings. The number of hydrogen-bond acceptors (Lipinski definition) is 3. The van der Waals surface area contributed by atoms with Crippen LogP contribution in [0.5, 0.6) is 0 Å². The predicted octanol–water partition coefficient (Wildman–Crippen LogP) is 6.55. The molecule has 6 heteroatoms. The second-order valence-electron chi connectivity index (χ2n) is 10.6. The van der Waals surface area contributed by atoms with Crippen LogP contribution in [0.3, 0.4) is 0 Å². The lowest BCUT2D eigenvalue weighted by molar-refractivity contribution is -0.119. The monoisotopic (exact) mass is 479 g/mol. The van der Waals surface area contributed by atoms with Gasteiger partial charge in [-0.3, -0.25) is 9.89 Å². The molecule has 0 aliphatic heterocycles. The van der Waals surface area contributed by atoms with Crippen LogP contribution < -0.4 is 5.32 Å². The van der Waals surface area contributed by atoms with Gasteiger partial charge in [-0.05, 0) is 81.9 Å². The Balaban J connectivity index is 1.30. The van der Waals surface area contributed by atoms with Crippen molar-refractivity contribution < 1.29 is 4.79 Å². The molecule has 2 heterocycles. The van der Waals surface area contributed by atoms with E-state index in [9.17, 15) is 4.79 Å². The first-order chi connectivity index (χ1) is 17.5. The number of aryl methyl sites for hydroxylation is 3. The lowest BCUT2D eigenvalue weighted by Crippen LogP contribution is -2.31. The van der Waals surface area contributed by atoms with Crippen LogP contribution in [0, 0.1) is 38.5 Å². The number of amides is 1. The molecule has 2 aromatic heterocycles. The van der Waals surface area contributed by atoms with Gasteiger partial charge in [0.05, 0.1) is 17.3 Å². The van der Waals surface area contributed by atoms with E-state index in [4.69, 9.17) is 4.98 Å². The topological polar surface area (TPSA) is 86.5 Å². The zero-order chi connectivity index (χ0) is 24.8. The summed E-state index contributed by atoms with van der Waals surface area (Å²) in [4.78, 5) is 22.4. The molecule has 4 aromatic rings. The van der Waals surface area contributed by atoms with Crippen LogP contribution in [-0.2, 0) is 4.79 Å². The molecule has 2 aliphatic carbocycles. The molecule has 0 spiro atoms. The number of anilines is 1. The molecule has 2 saturated carbocycles. The van der Waals surface area contributed by atoms with Crippen LogP contribution in [0.25, 0.3) is 22.4 Å². The predicted molar refractivity (Wildman–Crippen MR) is 143 cm³/mol. The molecular formula is C30H33N5O. The van der Waals surface area contributed by atoms with Gasteiger partial charge in [0.25, 0.3) is 0 Å². The van der Waals surface area contributed by atoms with Gasteiger partial charge >= 0.3 is 0 Å². The third-order valence-electron chi connectivity index (χ3n) is 7.81. The number of benzene rings is 2. The number of rotatable bonds is 8. The maximum Gasteiger partial charge on any atom is 0.235 e. The largest absolute Gasteiger partial charge is 0.345 e. The SMILES string of the molecule is Cc1n[nH]c(C)c1-c1ccc(NC(=O)C(c2nc(-c3ccccc3)c(C)[nH]2)C(C2CC2)C2CC2)cc1. The molecule has 3 N–H and O–H groups in total. The number of carbonyl (C=O) groups excluding carboxylic acids is 1. The van der Waals surface area contributed by atoms with E-state index in [-0.39, 0.29) is 11.8 Å². The highest BCUT2D eigenvalue weighted by molar-refractivity contribution is 5.96. The number of H-pyrrole nitrogens is 2. The van der Waals surface area contributed by atoms with Crippen molar-refractivity contribution in [2.45, 2.75) is 52.4 Å². The van der Waals surface area contributed by atoms with Crippen LogP contribution in [0.2, 0.25) is 0 Å². The van der Waals surface area contributed by atoms with Gasteiger partial charge in [0, 0.05) is 28.2 Å². The number of aromatic amines is 2. The Labute approximate surface area is 212 Å². The highest BCUT2D eigenvalue weighted by Gasteiger charge is 2.49. The van der Waals surface area contributed by atoms with Gasteiger partial charge in [-0.15, -0.1) is 0 Å². The minimum absolute atomic E-state index is 0.0376. The lowest BCUT2D eigenvalue weighted by Gasteiger charge is -2.25. The first-order valence-corrected chi connectivity index (χ1v) is 13.0. The summed E-state index contributed by atoms with van der Waals surface area (Å²) in [6.45, 7) is 6.08. The second kappa shape index (κ2) is 9.08. The van der Waals surface area contributed by atoms with Crippen LogP contribution in [0.4, 0.5) is 5.69 Å². The van der Waals surface area contributed by atoms with Gasteiger partial charge in [-0.1, -0.05) is 42.5 Å². The first-order valence-electron chi connectivity index (χ1n) is 13.0. The Morgan fingerprint density at radius 2 is 1.56 bits per heavy atom. The molecule has 0 radical (unpaired) electrons. The fourth-order valence-corrected chi connectivity index (χ4v) is 5.80. The van der Waals surface area contributed by atoms with Gasteiger partial charge in [0.15, 0.2) is 0 Å². The van der Waals surface area contributed by atoms with Gasteiger partial charge in [0.2, 0.25) is 5.91 Å². The van der Waals surface area contributed by atoms with E-state index in [1.54, 1.807) is 0 Å². The van der Waals surface area contributed by atoms with Gasteiger partial charge in [0.1, 0.15) is 5.82 Å². The summed E-state index contributed by atoms with van der Waals surface area (Å²) in [6.07, 6.45) is 4.87. The number of nitrogens with zero attached hydrogens (tertiary/aromatic N) is 2. The Morgan fingerprint density at radius 1 is 0.889 bits per heavy atom. The first kappa shape index (κ1) is 22.8. The molecule has 1 amide bonds. The molecular weight excluding hydrogens is 446 g/mol. The average Bonchev–Trinajstić information content (AvgIpc) is 3.81. The number of carbonyl (C=O) groups is 1. The van der Waals surface area contributed by atoms with Crippen LogP contribution >= 0.6 is 0 Å². The fraction of sp³-hybridized carbons (Fsp3) is 0.367. The molecule has 1 atom stereocenters. The van der Waals surface area contributed by atoms with Crippen molar-refractivity contribution in [3.63, 3.8) is 0 Å². The van der Waals surface area contributed by atoms with Crippen molar-refractivity contribution >= 4 is 11.6 Å². The average molecular weight is 480 g/mol. The maximum atomic E-state index is 13.9. The molecule has 1 unspecified atom stereocenters. The molecule has 0 saturated heterocycles. The Hall–Kier alpha value is -3.67. The van der Waals surface area contributed by atoms with Crippen molar-refractivity contribution in [3.8, 4) is 22.4 Å². The minimum Gasteiger partial charge on any atom is -0.345 e. The van der Waals surface area contributed by atoms with Crippen molar-refractivity contribution in [1.29, 1.82) is 0 Å². The summed E-state index contributed by atoms with van der Waals surface area (Å²) < 4.78 is 0. The minimum atomic E-state index is -0.279. The summed E-state index contributed by atoms with van der Waals surface area (Å²) in [5, 5.41) is 10.6. The van der Waals surface area contributed by atoms with Crippen LogP contribution in [0.1, 0.15) is 54.5 Å². The molecule has 6 rings (SSSR count). The summed E-state index contributed by atoms with van der Waals surface area (Å²) >= 11 is 0. The van der Waals surface area contributed by atoms with E-state index in [0.717, 1.165) is 51.0 Å². The van der Waals surface area contributed by atoms with Crippen molar-refractivity contribution in [1.82, 2.24) is 20.2 Å². The summed E-state index contributed by atoms with van der Waals surface area (Å²) in [5.74, 6) is 2.14. The van der Waals surface area contributed by atoms with Gasteiger partial charge in [-0.2, -0.15) is 5.10 Å². The third kappa shape index (κ3) is 4.36. The standard InChI is InChI=1S/C30H33N5O/c1-17-25(18(2)35-34-17)20-13-15-24(16-14-20)32-30(36)27(26(21-9-10-21)22-11-12-22)29-31-19(3)28(33-29)23-7-5-4-6-8-23/h4-8,13-16,21-22,26-27H,9-12H2,1-3H3,(H,31,33)(H,32,36)(H,34,35). The fourth-order valence-electron chi connectivity index (χ4n) is 5.80. The molecule has 2 fully saturated rings. The maximum absolute atomic E-state index is 13.9. The summed E-state index contributed by atoms with van der Waals surface area (Å²) in [5.41, 5.74) is 8.06. The summed E-state index contributed by atoms with van der Waals surface area (Å²) in [6, 6.07) is 18.3. The number of aromatic nitrogens is 4. The molecule has 36 heavy (non-hydrogen) atoms. The highest BCUT2D eigenvalue weighted by Crippen LogP contribution is 2.55. The Bertz CT molecular complexity index is 1350. The second-order valence-corrected chi connectivity index (χ2v) is 10.6. The third-order valence-corrected chi connectivity index (χ3v) is 7.81. The van der Waals surface area contributed by atoms with Crippen molar-refractivity contribution in [2.24, 2.45) is 17.8 Å². The van der Waals surface area contributed by atoms with Gasteiger partial charge < -0.3 is 10.3 Å². The van der Waals surface area contributed by atoms with E-state index >= 15 is 0 Å². The van der Waals surface area contributed by atoms with Crippen molar-refractivity contribution in [3.05, 3.63) is 77.5 Å². The smallest absolute Gasteiger partial charge is 0.235 e. The van der Waals surface area contributed by atoms with Crippen molar-refractivity contribution in [2.75, 3.05) is 5.32 Å². The number of nitrogens with one attached hydrogen (secondary N) is 3. The van der Waals surface area contributed by atoms with E-state index in [1.807, 2.05) is 44.2 Å².